The predicted octanol–water partition coefficient (Wildman–Crippen LogP) is -3.83. The number of carbonyl (C=O) groups excluding carboxylic acids is 2. The van der Waals surface area contributed by atoms with Crippen molar-refractivity contribution in [2.45, 2.75) is 19.4 Å². The molecule has 122 valence electrons. The van der Waals surface area contributed by atoms with Crippen LogP contribution in [0.5, 0.6) is 0 Å². The van der Waals surface area contributed by atoms with Crippen molar-refractivity contribution in [1.29, 1.82) is 0 Å². The first-order valence-corrected chi connectivity index (χ1v) is 8.21. The Morgan fingerprint density at radius 1 is 1.45 bits per heavy atom. The third-order valence-corrected chi connectivity index (χ3v) is 3.99. The van der Waals surface area contributed by atoms with E-state index in [-0.39, 0.29) is 49.3 Å². The molecule has 0 aromatic rings. The number of nitrogens with zero attached hydrogens (tertiary/aromatic N) is 1. The number of ketones is 1. The van der Waals surface area contributed by atoms with Crippen molar-refractivity contribution < 1.29 is 67.8 Å². The maximum atomic E-state index is 11.6. The summed E-state index contributed by atoms with van der Waals surface area (Å²) in [4.78, 5) is 34.3. The monoisotopic (exact) mass is 347 g/mol. The Morgan fingerprint density at radius 3 is 2.68 bits per heavy atom. The molecule has 9 nitrogen and oxygen atoms in total. The molecule has 1 heterocycles. The van der Waals surface area contributed by atoms with Crippen molar-refractivity contribution >= 4 is 19.3 Å². The van der Waals surface area contributed by atoms with Crippen molar-refractivity contribution in [1.82, 2.24) is 5.06 Å². The third kappa shape index (κ3) is 8.71. The zero-order valence-corrected chi connectivity index (χ0v) is 15.6. The molecule has 2 unspecified atom stereocenters. The summed E-state index contributed by atoms with van der Waals surface area (Å²) in [5, 5.41) is 9.88. The molecule has 22 heavy (non-hydrogen) atoms. The molecule has 2 atom stereocenters. The van der Waals surface area contributed by atoms with Crippen LogP contribution in [0.3, 0.4) is 0 Å². The van der Waals surface area contributed by atoms with Gasteiger partial charge in [-0.15, -0.1) is 0 Å². The van der Waals surface area contributed by atoms with E-state index in [4.69, 9.17) is 9.47 Å². The average molecular weight is 347 g/mol. The summed E-state index contributed by atoms with van der Waals surface area (Å²) >= 11 is 0. The molecule has 1 N–H and O–H groups in total. The minimum absolute atomic E-state index is 0. The van der Waals surface area contributed by atoms with Gasteiger partial charge in [-0.3, -0.25) is 14.8 Å². The van der Waals surface area contributed by atoms with Crippen LogP contribution in [0.2, 0.25) is 0 Å². The SMILES string of the molecule is CCOP(=O)([O-])CC(=O)CC(=O)N(O)CC1COCCO1.[Na+]. The molecular weight excluding hydrogens is 328 g/mol. The van der Waals surface area contributed by atoms with Crippen LogP contribution in [-0.4, -0.2) is 67.2 Å². The first-order chi connectivity index (χ1) is 9.84. The molecule has 0 aromatic carbocycles. The third-order valence-electron chi connectivity index (χ3n) is 2.59. The summed E-state index contributed by atoms with van der Waals surface area (Å²) in [7, 11) is -4.27. The Morgan fingerprint density at radius 2 is 2.14 bits per heavy atom. The fraction of sp³-hybridized carbons (Fsp3) is 0.818. The zero-order valence-electron chi connectivity index (χ0n) is 12.7. The first kappa shape index (κ1) is 22.2. The van der Waals surface area contributed by atoms with Crippen LogP contribution in [0.25, 0.3) is 0 Å². The molecule has 11 heteroatoms. The van der Waals surface area contributed by atoms with E-state index in [1.54, 1.807) is 0 Å². The van der Waals surface area contributed by atoms with Gasteiger partial charge in [-0.25, -0.2) is 5.06 Å². The van der Waals surface area contributed by atoms with Crippen LogP contribution in [0.15, 0.2) is 0 Å². The molecule has 0 aliphatic carbocycles. The van der Waals surface area contributed by atoms with Crippen LogP contribution < -0.4 is 34.5 Å². The fourth-order valence-electron chi connectivity index (χ4n) is 1.71. The number of carbonyl (C=O) groups is 2. The van der Waals surface area contributed by atoms with Gasteiger partial charge in [0.1, 0.15) is 13.7 Å². The molecule has 1 amide bonds. The standard InChI is InChI=1S/C11H20NO8P.Na/c1-2-20-21(16,17)8-9(13)5-11(14)12(15)6-10-7-18-3-4-19-10;/h10,15H,2-8H2,1H3,(H,16,17);/q;+1/p-1. The molecule has 0 bridgehead atoms. The Kier molecular flexibility index (Phi) is 10.9. The number of hydroxylamine groups is 2. The summed E-state index contributed by atoms with van der Waals surface area (Å²) in [6, 6.07) is 0. The molecule has 0 spiro atoms. The van der Waals surface area contributed by atoms with Crippen molar-refractivity contribution in [2.24, 2.45) is 0 Å². The van der Waals surface area contributed by atoms with Crippen LogP contribution in [0.1, 0.15) is 13.3 Å². The van der Waals surface area contributed by atoms with Crippen LogP contribution in [0.4, 0.5) is 0 Å². The fourth-order valence-corrected chi connectivity index (χ4v) is 2.74. The molecule has 0 aromatic heterocycles. The van der Waals surface area contributed by atoms with Gasteiger partial charge >= 0.3 is 29.6 Å². The number of ether oxygens (including phenoxy) is 2. The van der Waals surface area contributed by atoms with E-state index in [9.17, 15) is 24.3 Å². The second-order valence-electron chi connectivity index (χ2n) is 4.45. The van der Waals surface area contributed by atoms with Gasteiger partial charge in [-0.2, -0.15) is 0 Å². The van der Waals surface area contributed by atoms with Crippen molar-refractivity contribution in [3.05, 3.63) is 0 Å². The van der Waals surface area contributed by atoms with Gasteiger partial charge in [-0.05, 0) is 6.92 Å². The smallest absolute Gasteiger partial charge is 0.778 e. The van der Waals surface area contributed by atoms with Gasteiger partial charge in [0.15, 0.2) is 5.78 Å². The molecule has 1 aliphatic rings. The summed E-state index contributed by atoms with van der Waals surface area (Å²) in [6.07, 6.45) is -2.07. The average Bonchev–Trinajstić information content (AvgIpc) is 2.38. The maximum Gasteiger partial charge on any atom is 1.00 e. The second-order valence-corrected chi connectivity index (χ2v) is 6.24. The Bertz CT molecular complexity index is 415. The number of Topliss-reactive ketones (excluding diaryl/α,β-unsaturated/α-hetero) is 1. The summed E-state index contributed by atoms with van der Waals surface area (Å²) < 4.78 is 26.0. The van der Waals surface area contributed by atoms with Crippen molar-refractivity contribution in [3.8, 4) is 0 Å². The number of amides is 1. The van der Waals surface area contributed by atoms with Gasteiger partial charge in [0.25, 0.3) is 5.91 Å². The summed E-state index contributed by atoms with van der Waals surface area (Å²) in [5.41, 5.74) is 0. The Labute approximate surface area is 150 Å². The summed E-state index contributed by atoms with van der Waals surface area (Å²) in [5.74, 6) is -1.74. The van der Waals surface area contributed by atoms with E-state index in [1.165, 1.54) is 6.92 Å². The normalized spacial score (nSPS) is 20.6. The Balaban J connectivity index is 0.00000441. The molecule has 0 saturated carbocycles. The van der Waals surface area contributed by atoms with Crippen LogP contribution >= 0.6 is 7.60 Å². The molecule has 1 fully saturated rings. The van der Waals surface area contributed by atoms with Crippen molar-refractivity contribution in [3.63, 3.8) is 0 Å². The number of rotatable bonds is 8. The topological polar surface area (TPSA) is 125 Å². The van der Waals surface area contributed by atoms with E-state index >= 15 is 0 Å². The van der Waals surface area contributed by atoms with E-state index in [0.29, 0.717) is 18.3 Å². The van der Waals surface area contributed by atoms with E-state index in [0.717, 1.165) is 0 Å². The van der Waals surface area contributed by atoms with E-state index in [2.05, 4.69) is 4.52 Å². The van der Waals surface area contributed by atoms with Crippen LogP contribution in [0, 0.1) is 0 Å². The number of hydrogen-bond acceptors (Lipinski definition) is 8. The van der Waals surface area contributed by atoms with Crippen molar-refractivity contribution in [2.75, 3.05) is 39.1 Å². The molecule has 1 aliphatic heterocycles. The maximum absolute atomic E-state index is 11.6. The van der Waals surface area contributed by atoms with Gasteiger partial charge in [-0.1, -0.05) is 0 Å². The largest absolute Gasteiger partial charge is 1.00 e. The van der Waals surface area contributed by atoms with E-state index < -0.39 is 38.0 Å². The van der Waals surface area contributed by atoms with E-state index in [1.807, 2.05) is 0 Å². The van der Waals surface area contributed by atoms with Crippen LogP contribution in [-0.2, 0) is 28.2 Å². The quantitative estimate of drug-likeness (QED) is 0.156. The van der Waals surface area contributed by atoms with Gasteiger partial charge < -0.3 is 23.5 Å². The predicted molar refractivity (Wildman–Crippen MR) is 67.8 cm³/mol. The minimum atomic E-state index is -4.27. The summed E-state index contributed by atoms with van der Waals surface area (Å²) in [6.45, 7) is 2.30. The minimum Gasteiger partial charge on any atom is -0.778 e. The zero-order chi connectivity index (χ0) is 15.9. The number of hydrogen-bond donors (Lipinski definition) is 1. The Hall–Kier alpha value is 0.170. The van der Waals surface area contributed by atoms with Gasteiger partial charge in [0.2, 0.25) is 0 Å². The molecule has 0 radical (unpaired) electrons. The van der Waals surface area contributed by atoms with Gasteiger partial charge in [0.05, 0.1) is 45.6 Å². The van der Waals surface area contributed by atoms with Gasteiger partial charge in [0, 0.05) is 0 Å². The first-order valence-electron chi connectivity index (χ1n) is 6.49. The molecular formula is C11H19NNaO8P. The second kappa shape index (κ2) is 10.9. The molecule has 1 rings (SSSR count). The molecule has 1 saturated heterocycles.